The Hall–Kier alpha value is -0.140. The third-order valence-electron chi connectivity index (χ3n) is 4.17. The minimum absolute atomic E-state index is 0. The summed E-state index contributed by atoms with van der Waals surface area (Å²) in [4.78, 5) is -0.120. The van der Waals surface area contributed by atoms with E-state index in [1.807, 2.05) is 0 Å². The summed E-state index contributed by atoms with van der Waals surface area (Å²) in [6.45, 7) is 5.60. The number of phosphoric acid groups is 1. The molecule has 0 saturated carbocycles. The van der Waals surface area contributed by atoms with Crippen LogP contribution >= 0.6 is 7.82 Å². The average molecular weight is 457 g/mol. The van der Waals surface area contributed by atoms with Gasteiger partial charge in [0.15, 0.2) is 0 Å². The van der Waals surface area contributed by atoms with Crippen molar-refractivity contribution < 1.29 is 26.0 Å². The van der Waals surface area contributed by atoms with Gasteiger partial charge in [-0.25, -0.2) is 4.57 Å². The number of benzene rings is 1. The van der Waals surface area contributed by atoms with E-state index in [9.17, 15) is 13.0 Å². The van der Waals surface area contributed by atoms with Crippen molar-refractivity contribution in [3.8, 4) is 0 Å². The van der Waals surface area contributed by atoms with E-state index in [-0.39, 0.29) is 41.1 Å². The number of hydrogen-bond donors (Lipinski definition) is 0. The van der Waals surface area contributed by atoms with E-state index in [1.165, 1.54) is 50.7 Å². The Morgan fingerprint density at radius 2 is 1.45 bits per heavy atom. The van der Waals surface area contributed by atoms with Crippen molar-refractivity contribution in [2.75, 3.05) is 6.61 Å². The van der Waals surface area contributed by atoms with Gasteiger partial charge in [0.2, 0.25) is 0 Å². The fourth-order valence-corrected chi connectivity index (χ4v) is 5.38. The first-order valence-corrected chi connectivity index (χ1v) is 12.9. The van der Waals surface area contributed by atoms with Gasteiger partial charge < -0.3 is 4.52 Å². The zero-order valence-electron chi connectivity index (χ0n) is 16.8. The molecule has 0 amide bonds. The van der Waals surface area contributed by atoms with Crippen molar-refractivity contribution in [2.24, 2.45) is 0 Å². The molecule has 0 N–H and O–H groups in total. The molecule has 0 aromatic heterocycles. The predicted octanol–water partition coefficient (Wildman–Crippen LogP) is 5.95. The van der Waals surface area contributed by atoms with Crippen molar-refractivity contribution in [2.45, 2.75) is 76.0 Å². The molecule has 6 nitrogen and oxygen atoms in total. The van der Waals surface area contributed by atoms with Crippen molar-refractivity contribution in [1.82, 2.24) is 0 Å². The molecule has 1 atom stereocenters. The molecule has 0 aliphatic carbocycles. The van der Waals surface area contributed by atoms with Gasteiger partial charge in [-0.05, 0) is 18.6 Å². The van der Waals surface area contributed by atoms with Crippen LogP contribution in [-0.4, -0.2) is 44.6 Å². The molecule has 0 heterocycles. The van der Waals surface area contributed by atoms with Gasteiger partial charge in [-0.2, -0.15) is 12.4 Å². The van der Waals surface area contributed by atoms with Gasteiger partial charge in [-0.15, -0.1) is 0 Å². The van der Waals surface area contributed by atoms with E-state index < -0.39 is 17.9 Å². The molecule has 1 aromatic carbocycles. The summed E-state index contributed by atoms with van der Waals surface area (Å²) in [5.74, 6) is 0. The Morgan fingerprint density at radius 3 is 1.97 bits per heavy atom. The monoisotopic (exact) mass is 456 g/mol. The minimum atomic E-state index is -4.29. The molecule has 1 aromatic rings. The van der Waals surface area contributed by atoms with Gasteiger partial charge in [-0.3, -0.25) is 4.52 Å². The van der Waals surface area contributed by atoms with Gasteiger partial charge in [0.05, 0.1) is 17.8 Å². The molecule has 0 fully saturated rings. The molecular weight excluding hydrogens is 422 g/mol. The number of hydrogen-bond acceptors (Lipinski definition) is 6. The molecule has 0 aliphatic heterocycles. The Bertz CT molecular complexity index is 696. The zero-order chi connectivity index (χ0) is 20.7. The summed E-state index contributed by atoms with van der Waals surface area (Å²) >= 11 is 0. The Morgan fingerprint density at radius 1 is 0.931 bits per heavy atom. The first kappa shape index (κ1) is 28.9. The maximum absolute atomic E-state index is 12.5. The quantitative estimate of drug-likeness (QED) is 0.125. The summed E-state index contributed by atoms with van der Waals surface area (Å²) in [6, 6.07) is 7.44. The molecule has 9 heteroatoms. The van der Waals surface area contributed by atoms with Crippen molar-refractivity contribution in [1.29, 1.82) is 0 Å². The number of phosphoric ester groups is 1. The van der Waals surface area contributed by atoms with Crippen LogP contribution in [0.3, 0.4) is 0 Å². The van der Waals surface area contributed by atoms with E-state index in [4.69, 9.17) is 13.0 Å². The van der Waals surface area contributed by atoms with Crippen molar-refractivity contribution in [3.63, 3.8) is 0 Å². The Labute approximate surface area is 198 Å². The Kier molecular flexibility index (Phi) is 16.5. The topological polar surface area (TPSA) is 78.9 Å². The second-order valence-corrected chi connectivity index (χ2v) is 9.92. The molecule has 0 bridgehead atoms. The van der Waals surface area contributed by atoms with Crippen LogP contribution in [-0.2, 0) is 27.7 Å². The summed E-state index contributed by atoms with van der Waals surface area (Å²) < 4.78 is 51.7. The van der Waals surface area contributed by atoms with Gasteiger partial charge in [0.25, 0.3) is 0 Å². The van der Waals surface area contributed by atoms with Crippen LogP contribution in [0.1, 0.15) is 71.1 Å². The normalized spacial score (nSPS) is 13.3. The van der Waals surface area contributed by atoms with Crippen LogP contribution in [0.2, 0.25) is 0 Å². The number of rotatable bonds is 17. The summed E-state index contributed by atoms with van der Waals surface area (Å²) in [7, 11) is -8.55. The van der Waals surface area contributed by atoms with Crippen molar-refractivity contribution in [3.05, 3.63) is 43.2 Å². The van der Waals surface area contributed by atoms with E-state index in [2.05, 4.69) is 13.5 Å². The average Bonchev–Trinajstić information content (AvgIpc) is 2.66. The first-order chi connectivity index (χ1) is 13.4. The molecule has 0 saturated heterocycles. The van der Waals surface area contributed by atoms with Crippen molar-refractivity contribution >= 4 is 47.5 Å². The molecule has 1 rings (SSSR count). The second kappa shape index (κ2) is 16.5. The van der Waals surface area contributed by atoms with Crippen LogP contribution in [0, 0.1) is 0 Å². The van der Waals surface area contributed by atoms with Crippen LogP contribution in [0.25, 0.3) is 0 Å². The van der Waals surface area contributed by atoms with Gasteiger partial charge in [0, 0.05) is 0 Å². The third kappa shape index (κ3) is 13.0. The molecule has 29 heavy (non-hydrogen) atoms. The summed E-state index contributed by atoms with van der Waals surface area (Å²) in [6.07, 6.45) is 12.3. The fourth-order valence-electron chi connectivity index (χ4n) is 2.68. The van der Waals surface area contributed by atoms with E-state index in [0.717, 1.165) is 25.5 Å². The molecule has 0 radical (unpaired) electrons. The molecular formula is C20H34NaO6PS. The third-order valence-corrected chi connectivity index (χ3v) is 7.44. The zero-order valence-corrected chi connectivity index (χ0v) is 18.5. The van der Waals surface area contributed by atoms with E-state index in [1.54, 1.807) is 18.2 Å². The van der Waals surface area contributed by atoms with Gasteiger partial charge >= 0.3 is 47.5 Å². The van der Waals surface area contributed by atoms with E-state index in [0.29, 0.717) is 6.42 Å². The Balaban J connectivity index is 0.00000784. The van der Waals surface area contributed by atoms with Crippen LogP contribution in [0.5, 0.6) is 0 Å². The molecule has 0 spiro atoms. The van der Waals surface area contributed by atoms with E-state index >= 15 is 0 Å². The maximum atomic E-state index is 12.5. The standard InChI is InChI=1S/C20H33O6PS.Na.H/c1-3-5-6-7-8-9-10-11-12-16-19-25-27(21,24-4-2)26-28(22,23)20-17-14-13-15-18-20;;/h4,13-15,17-18H,2-3,5-12,16,19H2,1H3;;. The predicted molar refractivity (Wildman–Crippen MR) is 119 cm³/mol. The summed E-state index contributed by atoms with van der Waals surface area (Å²) in [5.41, 5.74) is 0. The SMILES string of the molecule is C=COP(=O)(OCCCCCCCCCCCC)OS(=O)(=O)c1ccccc1.[NaH]. The second-order valence-electron chi connectivity index (χ2n) is 6.58. The van der Waals surface area contributed by atoms with Gasteiger partial charge in [0.1, 0.15) is 0 Å². The number of unbranched alkanes of at least 4 members (excludes halogenated alkanes) is 9. The first-order valence-electron chi connectivity index (χ1n) is 9.98. The van der Waals surface area contributed by atoms with Crippen LogP contribution in [0.4, 0.5) is 0 Å². The molecule has 162 valence electrons. The van der Waals surface area contributed by atoms with Crippen LogP contribution < -0.4 is 0 Å². The fraction of sp³-hybridized carbons (Fsp3) is 0.600. The summed E-state index contributed by atoms with van der Waals surface area (Å²) in [5, 5.41) is 0. The molecule has 0 aliphatic rings. The van der Waals surface area contributed by atoms with Crippen LogP contribution in [0.15, 0.2) is 48.1 Å². The van der Waals surface area contributed by atoms with Gasteiger partial charge in [-0.1, -0.05) is 89.5 Å². The molecule has 1 unspecified atom stereocenters.